The highest BCUT2D eigenvalue weighted by molar-refractivity contribution is 7.98. The second kappa shape index (κ2) is 10.9. The van der Waals surface area contributed by atoms with E-state index < -0.39 is 40.9 Å². The fourth-order valence-electron chi connectivity index (χ4n) is 3.04. The molecule has 0 unspecified atom stereocenters. The van der Waals surface area contributed by atoms with Crippen LogP contribution in [0.5, 0.6) is 0 Å². The van der Waals surface area contributed by atoms with Gasteiger partial charge in [0.25, 0.3) is 11.8 Å². The Labute approximate surface area is 206 Å². The van der Waals surface area contributed by atoms with E-state index >= 15 is 0 Å². The van der Waals surface area contributed by atoms with Gasteiger partial charge in [-0.2, -0.15) is 26.3 Å². The first kappa shape index (κ1) is 26.9. The highest BCUT2D eigenvalue weighted by Crippen LogP contribution is 2.32. The highest BCUT2D eigenvalue weighted by atomic mass is 32.2. The van der Waals surface area contributed by atoms with E-state index in [0.29, 0.717) is 17.7 Å². The first-order valence-corrected chi connectivity index (χ1v) is 11.4. The Kier molecular flexibility index (Phi) is 8.13. The number of alkyl halides is 6. The lowest BCUT2D eigenvalue weighted by atomic mass is 10.1. The smallest absolute Gasteiger partial charge is 0.322 e. The number of amides is 2. The molecule has 0 saturated heterocycles. The molecular formula is C25H18F6N2O2S. The van der Waals surface area contributed by atoms with E-state index in [2.05, 4.69) is 10.6 Å². The molecule has 0 aromatic heterocycles. The molecule has 2 N–H and O–H groups in total. The summed E-state index contributed by atoms with van der Waals surface area (Å²) in [6.07, 6.45) is -6.27. The molecule has 0 aliphatic heterocycles. The Morgan fingerprint density at radius 2 is 1.17 bits per heavy atom. The Bertz CT molecular complexity index is 1210. The Balaban J connectivity index is 1.94. The molecular weight excluding hydrogens is 506 g/mol. The monoisotopic (exact) mass is 524 g/mol. The average molecular weight is 524 g/mol. The second-order valence-electron chi connectivity index (χ2n) is 7.40. The molecule has 0 heterocycles. The maximum Gasteiger partial charge on any atom is 0.416 e. The molecule has 0 fully saturated rings. The van der Waals surface area contributed by atoms with Gasteiger partial charge in [-0.15, -0.1) is 11.8 Å². The molecule has 188 valence electrons. The number of carbonyl (C=O) groups excluding carboxylic acids is 2. The third-order valence-corrected chi connectivity index (χ3v) is 5.56. The number of anilines is 2. The Morgan fingerprint density at radius 3 is 1.56 bits per heavy atom. The number of benzene rings is 3. The zero-order valence-corrected chi connectivity index (χ0v) is 19.3. The molecule has 11 heteroatoms. The molecule has 3 aromatic carbocycles. The van der Waals surface area contributed by atoms with Crippen molar-refractivity contribution in [1.29, 1.82) is 0 Å². The predicted octanol–water partition coefficient (Wildman–Crippen LogP) is 7.11. The topological polar surface area (TPSA) is 58.2 Å². The quantitative estimate of drug-likeness (QED) is 0.119. The number of rotatable bonds is 6. The van der Waals surface area contributed by atoms with E-state index in [1.807, 2.05) is 6.26 Å². The molecule has 0 saturated carbocycles. The molecule has 3 rings (SSSR count). The van der Waals surface area contributed by atoms with Crippen molar-refractivity contribution in [3.63, 3.8) is 0 Å². The minimum absolute atomic E-state index is 0.217. The van der Waals surface area contributed by atoms with Gasteiger partial charge in [0.2, 0.25) is 0 Å². The van der Waals surface area contributed by atoms with Crippen LogP contribution in [0.4, 0.5) is 37.7 Å². The molecule has 4 nitrogen and oxygen atoms in total. The zero-order chi connectivity index (χ0) is 26.5. The fraction of sp³-hybridized carbons (Fsp3) is 0.120. The Morgan fingerprint density at radius 1 is 0.722 bits per heavy atom. The Hall–Kier alpha value is -3.73. The second-order valence-corrected chi connectivity index (χ2v) is 8.28. The number of thioether (sulfide) groups is 1. The summed E-state index contributed by atoms with van der Waals surface area (Å²) in [7, 11) is 0. The van der Waals surface area contributed by atoms with E-state index in [1.165, 1.54) is 30.0 Å². The van der Waals surface area contributed by atoms with Crippen molar-refractivity contribution in [2.24, 2.45) is 0 Å². The summed E-state index contributed by atoms with van der Waals surface area (Å²) in [6.45, 7) is 0. The van der Waals surface area contributed by atoms with Crippen LogP contribution >= 0.6 is 11.8 Å². The van der Waals surface area contributed by atoms with Gasteiger partial charge in [0.15, 0.2) is 0 Å². The molecule has 0 aliphatic rings. The van der Waals surface area contributed by atoms with E-state index in [-0.39, 0.29) is 11.4 Å². The SMILES string of the molecule is CSc1ccc(C=C(C(=O)Nc2cccc(C(F)(F)F)c2)C(=O)Nc2cccc(C(F)(F)F)c2)cc1. The van der Waals surface area contributed by atoms with Crippen LogP contribution in [-0.4, -0.2) is 18.1 Å². The van der Waals surface area contributed by atoms with E-state index in [9.17, 15) is 35.9 Å². The number of hydrogen-bond donors (Lipinski definition) is 2. The molecule has 0 atom stereocenters. The molecule has 0 spiro atoms. The largest absolute Gasteiger partial charge is 0.416 e. The standard InChI is InChI=1S/C25H18F6N2O2S/c1-36-20-10-8-15(9-11-20)12-21(22(34)32-18-6-2-4-16(13-18)24(26,27)28)23(35)33-19-7-3-5-17(14-19)25(29,30)31/h2-14H,1H3,(H,32,34)(H,33,35). The van der Waals surface area contributed by atoms with E-state index in [0.717, 1.165) is 29.2 Å². The number of halogens is 6. The average Bonchev–Trinajstić information content (AvgIpc) is 2.82. The van der Waals surface area contributed by atoms with Crippen molar-refractivity contribution in [3.05, 3.63) is 95.1 Å². The van der Waals surface area contributed by atoms with Crippen molar-refractivity contribution >= 4 is 41.0 Å². The van der Waals surface area contributed by atoms with Gasteiger partial charge < -0.3 is 10.6 Å². The van der Waals surface area contributed by atoms with Crippen LogP contribution in [0.25, 0.3) is 6.08 Å². The van der Waals surface area contributed by atoms with E-state index in [4.69, 9.17) is 0 Å². The lowest BCUT2D eigenvalue weighted by Crippen LogP contribution is -2.25. The van der Waals surface area contributed by atoms with Gasteiger partial charge in [-0.25, -0.2) is 0 Å². The van der Waals surface area contributed by atoms with Gasteiger partial charge in [0.05, 0.1) is 11.1 Å². The van der Waals surface area contributed by atoms with Crippen LogP contribution in [0.2, 0.25) is 0 Å². The van der Waals surface area contributed by atoms with Crippen LogP contribution in [0.1, 0.15) is 16.7 Å². The predicted molar refractivity (Wildman–Crippen MR) is 126 cm³/mol. The summed E-state index contributed by atoms with van der Waals surface area (Å²) in [5.41, 5.74) is -2.56. The van der Waals surface area contributed by atoms with Crippen molar-refractivity contribution in [2.75, 3.05) is 16.9 Å². The van der Waals surface area contributed by atoms with Crippen molar-refractivity contribution < 1.29 is 35.9 Å². The zero-order valence-electron chi connectivity index (χ0n) is 18.5. The lowest BCUT2D eigenvalue weighted by molar-refractivity contribution is -0.138. The number of nitrogens with one attached hydrogen (secondary N) is 2. The molecule has 0 aliphatic carbocycles. The molecule has 0 radical (unpaired) electrons. The van der Waals surface area contributed by atoms with Crippen LogP contribution in [0, 0.1) is 0 Å². The number of hydrogen-bond acceptors (Lipinski definition) is 3. The van der Waals surface area contributed by atoms with Crippen molar-refractivity contribution in [1.82, 2.24) is 0 Å². The normalized spacial score (nSPS) is 11.5. The summed E-state index contributed by atoms with van der Waals surface area (Å²) >= 11 is 1.46. The van der Waals surface area contributed by atoms with Crippen LogP contribution in [-0.2, 0) is 21.9 Å². The summed E-state index contributed by atoms with van der Waals surface area (Å²) in [6, 6.07) is 14.3. The molecule has 3 aromatic rings. The summed E-state index contributed by atoms with van der Waals surface area (Å²) in [5, 5.41) is 4.49. The van der Waals surface area contributed by atoms with Gasteiger partial charge >= 0.3 is 12.4 Å². The first-order chi connectivity index (χ1) is 16.9. The third-order valence-electron chi connectivity index (χ3n) is 4.81. The minimum Gasteiger partial charge on any atom is -0.322 e. The van der Waals surface area contributed by atoms with E-state index in [1.54, 1.807) is 24.3 Å². The maximum absolute atomic E-state index is 13.0. The summed E-state index contributed by atoms with van der Waals surface area (Å²) in [5.74, 6) is -2.10. The number of carbonyl (C=O) groups is 2. The van der Waals surface area contributed by atoms with Gasteiger partial charge in [-0.05, 0) is 66.4 Å². The minimum atomic E-state index is -4.65. The van der Waals surface area contributed by atoms with Gasteiger partial charge in [0, 0.05) is 16.3 Å². The van der Waals surface area contributed by atoms with Gasteiger partial charge in [0.1, 0.15) is 5.57 Å². The third kappa shape index (κ3) is 7.14. The maximum atomic E-state index is 13.0. The van der Waals surface area contributed by atoms with Crippen molar-refractivity contribution in [3.8, 4) is 0 Å². The first-order valence-electron chi connectivity index (χ1n) is 10.2. The highest BCUT2D eigenvalue weighted by Gasteiger charge is 2.32. The van der Waals surface area contributed by atoms with Crippen LogP contribution in [0.15, 0.2) is 83.3 Å². The van der Waals surface area contributed by atoms with Gasteiger partial charge in [-0.3, -0.25) is 9.59 Å². The fourth-order valence-corrected chi connectivity index (χ4v) is 3.45. The van der Waals surface area contributed by atoms with Crippen LogP contribution in [0.3, 0.4) is 0 Å². The molecule has 0 bridgehead atoms. The summed E-state index contributed by atoms with van der Waals surface area (Å²) < 4.78 is 78.2. The molecule has 2 amide bonds. The summed E-state index contributed by atoms with van der Waals surface area (Å²) in [4.78, 5) is 26.8. The van der Waals surface area contributed by atoms with Gasteiger partial charge in [-0.1, -0.05) is 24.3 Å². The van der Waals surface area contributed by atoms with Crippen LogP contribution < -0.4 is 10.6 Å². The lowest BCUT2D eigenvalue weighted by Gasteiger charge is -2.13. The van der Waals surface area contributed by atoms with Crippen molar-refractivity contribution in [2.45, 2.75) is 17.2 Å². The molecule has 36 heavy (non-hydrogen) atoms.